The van der Waals surface area contributed by atoms with E-state index < -0.39 is 0 Å². The van der Waals surface area contributed by atoms with Crippen molar-refractivity contribution in [2.24, 2.45) is 0 Å². The Bertz CT molecular complexity index is 1250. The predicted octanol–water partition coefficient (Wildman–Crippen LogP) is 3.79. The van der Waals surface area contributed by atoms with Crippen LogP contribution >= 0.6 is 0 Å². The number of H-pyrrole nitrogens is 1. The van der Waals surface area contributed by atoms with Gasteiger partial charge >= 0.3 is 0 Å². The smallest absolute Gasteiger partial charge is 0.254 e. The Morgan fingerprint density at radius 1 is 1.00 bits per heavy atom. The minimum absolute atomic E-state index is 0.0758. The molecular formula is C25H26N6O3. The maximum absolute atomic E-state index is 11.4. The van der Waals surface area contributed by atoms with Crippen molar-refractivity contribution in [3.8, 4) is 22.8 Å². The fourth-order valence-corrected chi connectivity index (χ4v) is 3.91. The van der Waals surface area contributed by atoms with Crippen molar-refractivity contribution < 1.29 is 14.3 Å². The number of epoxide rings is 1. The van der Waals surface area contributed by atoms with Crippen LogP contribution in [0.1, 0.15) is 19.3 Å². The number of piperidine rings is 1. The molecule has 1 amide bonds. The third-order valence-electron chi connectivity index (χ3n) is 5.78. The van der Waals surface area contributed by atoms with Crippen LogP contribution < -0.4 is 10.5 Å². The van der Waals surface area contributed by atoms with Gasteiger partial charge in [-0.3, -0.25) is 9.89 Å². The van der Waals surface area contributed by atoms with Gasteiger partial charge in [0.2, 0.25) is 0 Å². The molecule has 2 aliphatic rings. The number of ether oxygens (including phenoxy) is 2. The Labute approximate surface area is 196 Å². The highest BCUT2D eigenvalue weighted by molar-refractivity contribution is 5.97. The van der Waals surface area contributed by atoms with Crippen molar-refractivity contribution in [3.63, 3.8) is 0 Å². The number of carbonyl (C=O) groups excluding carboxylic acids is 1. The van der Waals surface area contributed by atoms with Crippen molar-refractivity contribution in [2.75, 3.05) is 25.4 Å². The second-order valence-corrected chi connectivity index (χ2v) is 8.20. The van der Waals surface area contributed by atoms with Crippen LogP contribution in [0.15, 0.2) is 60.9 Å². The van der Waals surface area contributed by atoms with E-state index in [1.807, 2.05) is 59.5 Å². The number of fused-ring (bicyclic) bond motifs is 1. The first kappa shape index (κ1) is 21.8. The number of aromatic amines is 1. The average Bonchev–Trinajstić information content (AvgIpc) is 3.65. The number of likely N-dealkylation sites (tertiary alicyclic amines) is 1. The zero-order chi connectivity index (χ0) is 23.3. The van der Waals surface area contributed by atoms with Gasteiger partial charge in [0.15, 0.2) is 11.8 Å². The second kappa shape index (κ2) is 9.88. The molecule has 0 bridgehead atoms. The fraction of sp³-hybridized carbons (Fsp3) is 0.280. The molecule has 34 heavy (non-hydrogen) atoms. The summed E-state index contributed by atoms with van der Waals surface area (Å²) in [6.07, 6.45) is 4.93. The predicted molar refractivity (Wildman–Crippen MR) is 128 cm³/mol. The molecule has 1 atom stereocenters. The zero-order valence-corrected chi connectivity index (χ0v) is 18.7. The Kier molecular flexibility index (Phi) is 6.35. The second-order valence-electron chi connectivity index (χ2n) is 8.20. The number of aromatic nitrogens is 4. The third kappa shape index (κ3) is 4.99. The molecule has 2 aromatic heterocycles. The van der Waals surface area contributed by atoms with Crippen molar-refractivity contribution in [2.45, 2.75) is 25.4 Å². The molecule has 2 aromatic carbocycles. The van der Waals surface area contributed by atoms with E-state index in [2.05, 4.69) is 20.2 Å². The first-order chi connectivity index (χ1) is 16.7. The van der Waals surface area contributed by atoms with Gasteiger partial charge in [-0.2, -0.15) is 5.10 Å². The number of para-hydroxylation sites is 1. The van der Waals surface area contributed by atoms with Gasteiger partial charge in [0.05, 0.1) is 17.7 Å². The van der Waals surface area contributed by atoms with Gasteiger partial charge < -0.3 is 20.1 Å². The molecule has 4 aromatic rings. The van der Waals surface area contributed by atoms with E-state index in [4.69, 9.17) is 15.2 Å². The van der Waals surface area contributed by atoms with Gasteiger partial charge in [-0.05, 0) is 55.7 Å². The number of hydrogen-bond acceptors (Lipinski definition) is 7. The van der Waals surface area contributed by atoms with E-state index in [1.165, 1.54) is 25.6 Å². The molecule has 2 aliphatic heterocycles. The van der Waals surface area contributed by atoms with E-state index in [0.29, 0.717) is 18.1 Å². The summed E-state index contributed by atoms with van der Waals surface area (Å²) in [4.78, 5) is 21.4. The summed E-state index contributed by atoms with van der Waals surface area (Å²) in [5, 5.41) is 7.85. The molecule has 2 saturated heterocycles. The maximum atomic E-state index is 11.4. The molecule has 0 spiro atoms. The van der Waals surface area contributed by atoms with Gasteiger partial charge in [0, 0.05) is 18.7 Å². The van der Waals surface area contributed by atoms with E-state index >= 15 is 0 Å². The van der Waals surface area contributed by atoms with E-state index in [-0.39, 0.29) is 12.0 Å². The lowest BCUT2D eigenvalue weighted by atomic mass is 10.1. The summed E-state index contributed by atoms with van der Waals surface area (Å²) in [5.41, 5.74) is 8.22. The topological polar surface area (TPSA) is 123 Å². The van der Waals surface area contributed by atoms with E-state index in [0.717, 1.165) is 41.2 Å². The molecule has 6 rings (SSSR count). The maximum Gasteiger partial charge on any atom is 0.254 e. The molecule has 174 valence electrons. The number of carbonyl (C=O) groups is 1. The molecule has 0 unspecified atom stereocenters. The molecule has 0 aliphatic carbocycles. The minimum Gasteiger partial charge on any atom is -0.457 e. The largest absolute Gasteiger partial charge is 0.457 e. The van der Waals surface area contributed by atoms with Crippen LogP contribution in [0.2, 0.25) is 0 Å². The molecule has 9 heteroatoms. The van der Waals surface area contributed by atoms with Gasteiger partial charge in [-0.25, -0.2) is 9.97 Å². The Balaban J connectivity index is 0.000000183. The number of rotatable bonds is 4. The SMILES string of the molecule is Nc1ncnc2n[nH]c(-c3ccc(Oc4ccccc4)cc3)c12.O=C([C@H]1CO1)N1CCCCC1. The Morgan fingerprint density at radius 2 is 1.71 bits per heavy atom. The highest BCUT2D eigenvalue weighted by Crippen LogP contribution is 2.30. The standard InChI is InChI=1S/C17H13N5O.C8H13NO2/c18-16-14-15(21-22-17(14)20-10-19-16)11-6-8-13(9-7-11)23-12-4-2-1-3-5-12;10-8(7-6-11-7)9-4-2-1-3-5-9/h1-10H,(H3,18,19,20,21,22);7H,1-6H2/t;7-/m.1/s1. The first-order valence-corrected chi connectivity index (χ1v) is 11.4. The lowest BCUT2D eigenvalue weighted by molar-refractivity contribution is -0.133. The molecular weight excluding hydrogens is 432 g/mol. The van der Waals surface area contributed by atoms with Gasteiger partial charge in [0.25, 0.3) is 5.91 Å². The normalized spacial score (nSPS) is 17.1. The van der Waals surface area contributed by atoms with Crippen LogP contribution in [0.25, 0.3) is 22.3 Å². The monoisotopic (exact) mass is 458 g/mol. The number of nitrogens with one attached hydrogen (secondary N) is 1. The van der Waals surface area contributed by atoms with Crippen LogP contribution in [0.3, 0.4) is 0 Å². The number of nitrogens with zero attached hydrogens (tertiary/aromatic N) is 4. The lowest BCUT2D eigenvalue weighted by Gasteiger charge is -2.25. The quantitative estimate of drug-likeness (QED) is 0.446. The average molecular weight is 459 g/mol. The van der Waals surface area contributed by atoms with Gasteiger partial charge in [-0.15, -0.1) is 0 Å². The number of amides is 1. The minimum atomic E-state index is -0.0758. The first-order valence-electron chi connectivity index (χ1n) is 11.4. The highest BCUT2D eigenvalue weighted by Gasteiger charge is 2.35. The van der Waals surface area contributed by atoms with Crippen LogP contribution in [0, 0.1) is 0 Å². The Hall–Kier alpha value is -3.98. The van der Waals surface area contributed by atoms with Crippen molar-refractivity contribution >= 4 is 22.8 Å². The molecule has 0 radical (unpaired) electrons. The van der Waals surface area contributed by atoms with E-state index in [9.17, 15) is 4.79 Å². The van der Waals surface area contributed by atoms with E-state index in [1.54, 1.807) is 0 Å². The van der Waals surface area contributed by atoms with Crippen LogP contribution in [-0.2, 0) is 9.53 Å². The van der Waals surface area contributed by atoms with Gasteiger partial charge in [-0.1, -0.05) is 18.2 Å². The van der Waals surface area contributed by atoms with Crippen LogP contribution in [0.4, 0.5) is 5.82 Å². The van der Waals surface area contributed by atoms with Crippen LogP contribution in [-0.4, -0.2) is 56.8 Å². The molecule has 9 nitrogen and oxygen atoms in total. The van der Waals surface area contributed by atoms with Crippen molar-refractivity contribution in [3.05, 3.63) is 60.9 Å². The lowest BCUT2D eigenvalue weighted by Crippen LogP contribution is -2.38. The summed E-state index contributed by atoms with van der Waals surface area (Å²) in [6.45, 7) is 2.53. The summed E-state index contributed by atoms with van der Waals surface area (Å²) < 4.78 is 10.7. The summed E-state index contributed by atoms with van der Waals surface area (Å²) in [6, 6.07) is 17.3. The van der Waals surface area contributed by atoms with Crippen molar-refractivity contribution in [1.82, 2.24) is 25.1 Å². The number of anilines is 1. The summed E-state index contributed by atoms with van der Waals surface area (Å²) in [7, 11) is 0. The third-order valence-corrected chi connectivity index (χ3v) is 5.78. The van der Waals surface area contributed by atoms with Crippen molar-refractivity contribution in [1.29, 1.82) is 0 Å². The molecule has 4 heterocycles. The number of nitrogens with two attached hydrogens (primary N) is 1. The molecule has 0 saturated carbocycles. The fourth-order valence-electron chi connectivity index (χ4n) is 3.91. The zero-order valence-electron chi connectivity index (χ0n) is 18.7. The number of hydrogen-bond donors (Lipinski definition) is 2. The van der Waals surface area contributed by atoms with Gasteiger partial charge in [0.1, 0.15) is 23.6 Å². The Morgan fingerprint density at radius 3 is 2.41 bits per heavy atom. The molecule has 2 fully saturated rings. The van der Waals surface area contributed by atoms with Crippen LogP contribution in [0.5, 0.6) is 11.5 Å². The molecule has 3 N–H and O–H groups in total. The number of nitrogen functional groups attached to an aromatic ring is 1. The summed E-state index contributed by atoms with van der Waals surface area (Å²) in [5.74, 6) is 2.17. The summed E-state index contributed by atoms with van der Waals surface area (Å²) >= 11 is 0. The number of benzene rings is 2. The highest BCUT2D eigenvalue weighted by atomic mass is 16.6.